The van der Waals surface area contributed by atoms with Crippen LogP contribution in [0.4, 0.5) is 5.13 Å². The van der Waals surface area contributed by atoms with E-state index < -0.39 is 11.6 Å². The number of carbonyl (C=O) groups is 1. The summed E-state index contributed by atoms with van der Waals surface area (Å²) >= 11 is 1.56. The third kappa shape index (κ3) is 2.76. The molecule has 1 aliphatic rings. The Bertz CT molecular complexity index is 652. The number of thiazole rings is 1. The summed E-state index contributed by atoms with van der Waals surface area (Å²) in [6.45, 7) is 3.04. The Morgan fingerprint density at radius 2 is 2.14 bits per heavy atom. The van der Waals surface area contributed by atoms with Crippen molar-refractivity contribution >= 4 is 22.4 Å². The molecule has 0 aromatic carbocycles. The Kier molecular flexibility index (Phi) is 3.98. The molecule has 1 fully saturated rings. The van der Waals surface area contributed by atoms with E-state index in [9.17, 15) is 9.90 Å². The van der Waals surface area contributed by atoms with Gasteiger partial charge in [0.25, 0.3) is 0 Å². The van der Waals surface area contributed by atoms with Gasteiger partial charge in [0.2, 0.25) is 5.60 Å². The summed E-state index contributed by atoms with van der Waals surface area (Å²) in [6.07, 6.45) is 4.25. The lowest BCUT2D eigenvalue weighted by Gasteiger charge is -2.38. The van der Waals surface area contributed by atoms with Crippen LogP contribution >= 0.6 is 11.3 Å². The molecule has 0 amide bonds. The molecule has 3 rings (SSSR count). The maximum Gasteiger partial charge on any atom is 0.348 e. The summed E-state index contributed by atoms with van der Waals surface area (Å²) in [5.41, 5.74) is -0.493. The summed E-state index contributed by atoms with van der Waals surface area (Å²) in [5.74, 6) is -0.387. The number of aliphatic carboxylic acids is 1. The molecule has 2 aromatic rings. The largest absolute Gasteiger partial charge is 0.478 e. The van der Waals surface area contributed by atoms with Gasteiger partial charge < -0.3 is 14.7 Å². The van der Waals surface area contributed by atoms with Crippen LogP contribution in [0.15, 0.2) is 29.9 Å². The molecule has 7 heteroatoms. The van der Waals surface area contributed by atoms with E-state index in [4.69, 9.17) is 4.74 Å². The van der Waals surface area contributed by atoms with Gasteiger partial charge in [-0.1, -0.05) is 0 Å². The summed E-state index contributed by atoms with van der Waals surface area (Å²) in [7, 11) is 0. The van der Waals surface area contributed by atoms with Gasteiger partial charge in [-0.05, 0) is 19.1 Å². The van der Waals surface area contributed by atoms with E-state index in [1.54, 1.807) is 35.9 Å². The molecule has 0 radical (unpaired) electrons. The second-order valence-corrected chi connectivity index (χ2v) is 6.16. The van der Waals surface area contributed by atoms with Gasteiger partial charge in [-0.2, -0.15) is 0 Å². The van der Waals surface area contributed by atoms with Gasteiger partial charge in [0.15, 0.2) is 5.13 Å². The SMILES string of the molecule is Cc1ncccc1OC1(C(=O)O)CCN(c2nccs2)CC1. The first-order valence-electron chi connectivity index (χ1n) is 7.09. The van der Waals surface area contributed by atoms with Crippen LogP contribution in [0.5, 0.6) is 5.75 Å². The van der Waals surface area contributed by atoms with Crippen molar-refractivity contribution in [2.45, 2.75) is 25.4 Å². The van der Waals surface area contributed by atoms with Gasteiger partial charge in [-0.3, -0.25) is 4.98 Å². The molecule has 0 bridgehead atoms. The molecule has 0 saturated carbocycles. The molecule has 22 heavy (non-hydrogen) atoms. The minimum Gasteiger partial charge on any atom is -0.478 e. The minimum absolute atomic E-state index is 0.413. The Labute approximate surface area is 132 Å². The molecule has 0 spiro atoms. The number of pyridine rings is 1. The van der Waals surface area contributed by atoms with Crippen molar-refractivity contribution in [1.29, 1.82) is 0 Å². The molecule has 3 heterocycles. The number of piperidine rings is 1. The molecule has 2 aromatic heterocycles. The van der Waals surface area contributed by atoms with Crippen LogP contribution < -0.4 is 9.64 Å². The second kappa shape index (κ2) is 5.92. The van der Waals surface area contributed by atoms with E-state index in [1.165, 1.54) is 0 Å². The Morgan fingerprint density at radius 3 is 2.73 bits per heavy atom. The van der Waals surface area contributed by atoms with E-state index in [0.29, 0.717) is 37.4 Å². The maximum absolute atomic E-state index is 11.8. The van der Waals surface area contributed by atoms with Crippen molar-refractivity contribution in [3.05, 3.63) is 35.6 Å². The maximum atomic E-state index is 11.8. The molecule has 1 N–H and O–H groups in total. The first kappa shape index (κ1) is 14.8. The number of anilines is 1. The highest BCUT2D eigenvalue weighted by molar-refractivity contribution is 7.13. The number of carboxylic acid groups (broad SMARTS) is 1. The molecule has 1 aliphatic heterocycles. The number of hydrogen-bond donors (Lipinski definition) is 1. The number of ether oxygens (including phenoxy) is 1. The summed E-state index contributed by atoms with van der Waals surface area (Å²) in [5, 5.41) is 12.5. The Hall–Kier alpha value is -2.15. The highest BCUT2D eigenvalue weighted by Crippen LogP contribution is 2.32. The number of hydrogen-bond acceptors (Lipinski definition) is 6. The number of carboxylic acids is 1. The highest BCUT2D eigenvalue weighted by atomic mass is 32.1. The van der Waals surface area contributed by atoms with Crippen LogP contribution in [0.3, 0.4) is 0 Å². The van der Waals surface area contributed by atoms with Crippen molar-refractivity contribution in [3.63, 3.8) is 0 Å². The lowest BCUT2D eigenvalue weighted by Crippen LogP contribution is -2.53. The van der Waals surface area contributed by atoms with Crippen LogP contribution in [0.25, 0.3) is 0 Å². The quantitative estimate of drug-likeness (QED) is 0.932. The molecular formula is C15H17N3O3S. The fourth-order valence-corrected chi connectivity index (χ4v) is 3.28. The molecular weight excluding hydrogens is 302 g/mol. The molecule has 0 unspecified atom stereocenters. The van der Waals surface area contributed by atoms with Crippen LogP contribution in [0.1, 0.15) is 18.5 Å². The Balaban J connectivity index is 1.77. The Morgan fingerprint density at radius 1 is 1.36 bits per heavy atom. The minimum atomic E-state index is -1.19. The predicted molar refractivity (Wildman–Crippen MR) is 83.5 cm³/mol. The van der Waals surface area contributed by atoms with E-state index >= 15 is 0 Å². The lowest BCUT2D eigenvalue weighted by molar-refractivity contribution is -0.157. The average molecular weight is 319 g/mol. The van der Waals surface area contributed by atoms with Crippen LogP contribution in [0, 0.1) is 6.92 Å². The first-order chi connectivity index (χ1) is 10.6. The number of aromatic nitrogens is 2. The van der Waals surface area contributed by atoms with E-state index in [0.717, 1.165) is 5.13 Å². The highest BCUT2D eigenvalue weighted by Gasteiger charge is 2.44. The zero-order valence-corrected chi connectivity index (χ0v) is 13.0. The van der Waals surface area contributed by atoms with Gasteiger partial charge in [0.1, 0.15) is 5.75 Å². The fraction of sp³-hybridized carbons (Fsp3) is 0.400. The first-order valence-corrected chi connectivity index (χ1v) is 7.97. The second-order valence-electron chi connectivity index (χ2n) is 5.29. The molecule has 6 nitrogen and oxygen atoms in total. The van der Waals surface area contributed by atoms with Gasteiger partial charge in [-0.25, -0.2) is 9.78 Å². The van der Waals surface area contributed by atoms with Crippen molar-refractivity contribution in [2.75, 3.05) is 18.0 Å². The average Bonchev–Trinajstić information content (AvgIpc) is 3.04. The lowest BCUT2D eigenvalue weighted by atomic mass is 9.91. The van der Waals surface area contributed by atoms with Crippen LogP contribution in [-0.4, -0.2) is 39.7 Å². The molecule has 0 aliphatic carbocycles. The van der Waals surface area contributed by atoms with Gasteiger partial charge in [0.05, 0.1) is 5.69 Å². The van der Waals surface area contributed by atoms with E-state index in [-0.39, 0.29) is 0 Å². The predicted octanol–water partition coefficient (Wildman–Crippen LogP) is 2.35. The number of nitrogens with zero attached hydrogens (tertiary/aromatic N) is 3. The number of rotatable bonds is 4. The van der Waals surface area contributed by atoms with Crippen molar-refractivity contribution in [1.82, 2.24) is 9.97 Å². The van der Waals surface area contributed by atoms with E-state index in [2.05, 4.69) is 14.9 Å². The summed E-state index contributed by atoms with van der Waals surface area (Å²) in [4.78, 5) is 22.3. The van der Waals surface area contributed by atoms with Crippen molar-refractivity contribution in [2.24, 2.45) is 0 Å². The van der Waals surface area contributed by atoms with Crippen LogP contribution in [-0.2, 0) is 4.79 Å². The normalized spacial score (nSPS) is 17.2. The molecule has 0 atom stereocenters. The zero-order chi connectivity index (χ0) is 15.6. The molecule has 116 valence electrons. The topological polar surface area (TPSA) is 75.6 Å². The summed E-state index contributed by atoms with van der Waals surface area (Å²) < 4.78 is 5.90. The molecule has 1 saturated heterocycles. The fourth-order valence-electron chi connectivity index (χ4n) is 2.58. The third-order valence-electron chi connectivity index (χ3n) is 3.91. The number of aryl methyl sites for hydroxylation is 1. The van der Waals surface area contributed by atoms with E-state index in [1.807, 2.05) is 12.3 Å². The standard InChI is InChI=1S/C15H17N3O3S/c1-11-12(3-2-6-16-11)21-15(13(19)20)4-8-18(9-5-15)14-17-7-10-22-14/h2-3,6-7,10H,4-5,8-9H2,1H3,(H,19,20). The van der Waals surface area contributed by atoms with Crippen molar-refractivity contribution < 1.29 is 14.6 Å². The van der Waals surface area contributed by atoms with Crippen LogP contribution in [0.2, 0.25) is 0 Å². The van der Waals surface area contributed by atoms with Crippen molar-refractivity contribution in [3.8, 4) is 5.75 Å². The summed E-state index contributed by atoms with van der Waals surface area (Å²) in [6, 6.07) is 3.52. The van der Waals surface area contributed by atoms with Gasteiger partial charge >= 0.3 is 5.97 Å². The third-order valence-corrected chi connectivity index (χ3v) is 4.75. The monoisotopic (exact) mass is 319 g/mol. The zero-order valence-electron chi connectivity index (χ0n) is 12.2. The van der Waals surface area contributed by atoms with Gasteiger partial charge in [0, 0.05) is 43.7 Å². The van der Waals surface area contributed by atoms with Gasteiger partial charge in [-0.15, -0.1) is 11.3 Å². The smallest absolute Gasteiger partial charge is 0.348 e.